The van der Waals surface area contributed by atoms with Crippen molar-refractivity contribution in [1.82, 2.24) is 15.0 Å². The normalized spacial score (nSPS) is 12.3. The first-order valence-corrected chi connectivity index (χ1v) is 9.45. The minimum Gasteiger partial charge on any atom is -0.478 e. The fourth-order valence-electron chi connectivity index (χ4n) is 2.80. The summed E-state index contributed by atoms with van der Waals surface area (Å²) in [6.07, 6.45) is 3.20. The average Bonchev–Trinajstić information content (AvgIpc) is 2.95. The number of hydrogen-bond donors (Lipinski definition) is 1. The molecule has 0 fully saturated rings. The summed E-state index contributed by atoms with van der Waals surface area (Å²) < 4.78 is 5.48. The second-order valence-electron chi connectivity index (χ2n) is 6.42. The van der Waals surface area contributed by atoms with Gasteiger partial charge in [-0.2, -0.15) is 0 Å². The molecule has 142 valence electrons. The number of aromatic nitrogens is 3. The lowest BCUT2D eigenvalue weighted by Gasteiger charge is -2.08. The van der Waals surface area contributed by atoms with Gasteiger partial charge in [0.15, 0.2) is 0 Å². The van der Waals surface area contributed by atoms with Crippen molar-refractivity contribution in [2.75, 3.05) is 0 Å². The summed E-state index contributed by atoms with van der Waals surface area (Å²) in [4.78, 5) is 35.7. The molecule has 0 aliphatic heterocycles. The lowest BCUT2D eigenvalue weighted by Crippen LogP contribution is -2.14. The standard InChI is InChI=1S/C18H20N4O4S/c1-4-10(2)8-12-11(3)27-18-15(12)17(23)20-14(21-18)9-26-13-6-5-7-19-16(13)22(24)25/h5-7,10H,4,8-9H2,1-3H3,(H,20,21,23)/t10-/m0/s1. The number of hydrogen-bond acceptors (Lipinski definition) is 7. The molecule has 0 saturated carbocycles. The average molecular weight is 388 g/mol. The number of ether oxygens (including phenoxy) is 1. The maximum atomic E-state index is 12.6. The molecule has 3 aromatic rings. The van der Waals surface area contributed by atoms with Gasteiger partial charge in [0.1, 0.15) is 23.5 Å². The van der Waals surface area contributed by atoms with Crippen LogP contribution in [0.3, 0.4) is 0 Å². The molecule has 9 heteroatoms. The Kier molecular flexibility index (Phi) is 5.50. The van der Waals surface area contributed by atoms with Crippen LogP contribution in [-0.2, 0) is 13.0 Å². The molecule has 0 aliphatic rings. The Balaban J connectivity index is 1.90. The van der Waals surface area contributed by atoms with Crippen LogP contribution in [0.15, 0.2) is 23.1 Å². The molecule has 3 rings (SSSR count). The summed E-state index contributed by atoms with van der Waals surface area (Å²) in [5, 5.41) is 11.6. The van der Waals surface area contributed by atoms with E-state index in [-0.39, 0.29) is 23.7 Å². The molecular formula is C18H20N4O4S. The summed E-state index contributed by atoms with van der Waals surface area (Å²) >= 11 is 1.48. The van der Waals surface area contributed by atoms with Crippen molar-refractivity contribution in [2.45, 2.75) is 40.2 Å². The minimum atomic E-state index is -0.613. The van der Waals surface area contributed by atoms with Crippen LogP contribution in [0.25, 0.3) is 10.2 Å². The van der Waals surface area contributed by atoms with Gasteiger partial charge < -0.3 is 19.8 Å². The lowest BCUT2D eigenvalue weighted by molar-refractivity contribution is -0.390. The van der Waals surface area contributed by atoms with Crippen molar-refractivity contribution in [3.05, 3.63) is 55.1 Å². The van der Waals surface area contributed by atoms with Crippen LogP contribution in [0.1, 0.15) is 36.5 Å². The van der Waals surface area contributed by atoms with Crippen LogP contribution in [0.5, 0.6) is 5.75 Å². The van der Waals surface area contributed by atoms with Gasteiger partial charge in [0.2, 0.25) is 5.75 Å². The van der Waals surface area contributed by atoms with Gasteiger partial charge in [-0.05, 0) is 46.9 Å². The molecule has 0 aromatic carbocycles. The SMILES string of the molecule is CC[C@H](C)Cc1c(C)sc2nc(COc3cccnc3[N+](=O)[O-])[nH]c(=O)c12. The summed E-state index contributed by atoms with van der Waals surface area (Å²) in [5.74, 6) is 0.464. The molecule has 0 spiro atoms. The molecule has 0 unspecified atom stereocenters. The number of thiophene rings is 1. The van der Waals surface area contributed by atoms with Crippen LogP contribution in [-0.4, -0.2) is 19.9 Å². The van der Waals surface area contributed by atoms with Gasteiger partial charge in [-0.1, -0.05) is 20.3 Å². The predicted octanol–water partition coefficient (Wildman–Crippen LogP) is 3.76. The highest BCUT2D eigenvalue weighted by Gasteiger charge is 2.19. The van der Waals surface area contributed by atoms with Crippen molar-refractivity contribution < 1.29 is 9.66 Å². The molecule has 3 heterocycles. The van der Waals surface area contributed by atoms with E-state index in [0.717, 1.165) is 23.3 Å². The molecule has 8 nitrogen and oxygen atoms in total. The Morgan fingerprint density at radius 1 is 1.44 bits per heavy atom. The Hall–Kier alpha value is -2.81. The van der Waals surface area contributed by atoms with E-state index in [9.17, 15) is 14.9 Å². The minimum absolute atomic E-state index is 0.0325. The van der Waals surface area contributed by atoms with Gasteiger partial charge in [-0.25, -0.2) is 4.98 Å². The molecule has 0 radical (unpaired) electrons. The second kappa shape index (κ2) is 7.83. The highest BCUT2D eigenvalue weighted by atomic mass is 32.1. The zero-order chi connectivity index (χ0) is 19.6. The largest absolute Gasteiger partial charge is 0.478 e. The maximum Gasteiger partial charge on any atom is 0.406 e. The number of aromatic amines is 1. The van der Waals surface area contributed by atoms with Crippen LogP contribution in [0, 0.1) is 23.0 Å². The van der Waals surface area contributed by atoms with Crippen molar-refractivity contribution in [1.29, 1.82) is 0 Å². The monoisotopic (exact) mass is 388 g/mol. The van der Waals surface area contributed by atoms with E-state index >= 15 is 0 Å². The van der Waals surface area contributed by atoms with Crippen molar-refractivity contribution >= 4 is 27.4 Å². The topological polar surface area (TPSA) is 111 Å². The fraction of sp³-hybridized carbons (Fsp3) is 0.389. The van der Waals surface area contributed by atoms with E-state index in [0.29, 0.717) is 22.0 Å². The van der Waals surface area contributed by atoms with Gasteiger partial charge in [-0.15, -0.1) is 11.3 Å². The Morgan fingerprint density at radius 2 is 2.22 bits per heavy atom. The summed E-state index contributed by atoms with van der Waals surface area (Å²) in [7, 11) is 0. The molecule has 0 aliphatic carbocycles. The second-order valence-corrected chi connectivity index (χ2v) is 7.62. The summed E-state index contributed by atoms with van der Waals surface area (Å²) in [6, 6.07) is 3.01. The van der Waals surface area contributed by atoms with E-state index in [1.807, 2.05) is 6.92 Å². The van der Waals surface area contributed by atoms with E-state index in [1.165, 1.54) is 23.6 Å². The van der Waals surface area contributed by atoms with Gasteiger partial charge in [-0.3, -0.25) is 4.79 Å². The van der Waals surface area contributed by atoms with Gasteiger partial charge >= 0.3 is 5.82 Å². The summed E-state index contributed by atoms with van der Waals surface area (Å²) in [5.41, 5.74) is 0.843. The zero-order valence-electron chi connectivity index (χ0n) is 15.3. The number of nitro groups is 1. The molecular weight excluding hydrogens is 368 g/mol. The smallest absolute Gasteiger partial charge is 0.406 e. The number of pyridine rings is 1. The molecule has 0 bridgehead atoms. The molecule has 0 saturated heterocycles. The van der Waals surface area contributed by atoms with Gasteiger partial charge in [0.25, 0.3) is 5.56 Å². The van der Waals surface area contributed by atoms with E-state index in [4.69, 9.17) is 4.74 Å². The first-order chi connectivity index (χ1) is 12.9. The van der Waals surface area contributed by atoms with E-state index in [1.54, 1.807) is 6.07 Å². The van der Waals surface area contributed by atoms with Gasteiger partial charge in [0.05, 0.1) is 5.39 Å². The third kappa shape index (κ3) is 3.97. The number of rotatable bonds is 7. The van der Waals surface area contributed by atoms with Crippen LogP contribution in [0.2, 0.25) is 0 Å². The van der Waals surface area contributed by atoms with Crippen LogP contribution < -0.4 is 10.3 Å². The Labute approximate surface area is 159 Å². The number of nitrogens with zero attached hydrogens (tertiary/aromatic N) is 3. The maximum absolute atomic E-state index is 12.6. The number of nitrogens with one attached hydrogen (secondary N) is 1. The van der Waals surface area contributed by atoms with Crippen molar-refractivity contribution in [3.8, 4) is 5.75 Å². The molecule has 1 atom stereocenters. The summed E-state index contributed by atoms with van der Waals surface area (Å²) in [6.45, 7) is 6.20. The third-order valence-corrected chi connectivity index (χ3v) is 5.49. The molecule has 27 heavy (non-hydrogen) atoms. The van der Waals surface area contributed by atoms with E-state index in [2.05, 4.69) is 28.8 Å². The first-order valence-electron chi connectivity index (χ1n) is 8.64. The highest BCUT2D eigenvalue weighted by molar-refractivity contribution is 7.18. The van der Waals surface area contributed by atoms with Crippen LogP contribution >= 0.6 is 11.3 Å². The fourth-order valence-corrected chi connectivity index (χ4v) is 3.88. The third-order valence-electron chi connectivity index (χ3n) is 4.45. The Bertz CT molecular complexity index is 1040. The van der Waals surface area contributed by atoms with E-state index < -0.39 is 4.92 Å². The number of H-pyrrole nitrogens is 1. The zero-order valence-corrected chi connectivity index (χ0v) is 16.1. The number of aryl methyl sites for hydroxylation is 1. The predicted molar refractivity (Wildman–Crippen MR) is 103 cm³/mol. The number of fused-ring (bicyclic) bond motifs is 1. The van der Waals surface area contributed by atoms with Crippen molar-refractivity contribution in [3.63, 3.8) is 0 Å². The molecule has 3 aromatic heterocycles. The van der Waals surface area contributed by atoms with Crippen LogP contribution in [0.4, 0.5) is 5.82 Å². The van der Waals surface area contributed by atoms with Crippen molar-refractivity contribution in [2.24, 2.45) is 5.92 Å². The first kappa shape index (κ1) is 19.0. The molecule has 1 N–H and O–H groups in total. The molecule has 0 amide bonds. The quantitative estimate of drug-likeness (QED) is 0.487. The highest BCUT2D eigenvalue weighted by Crippen LogP contribution is 2.30. The van der Waals surface area contributed by atoms with Gasteiger partial charge in [0, 0.05) is 4.88 Å². The Morgan fingerprint density at radius 3 is 2.93 bits per heavy atom. The lowest BCUT2D eigenvalue weighted by atomic mass is 9.98.